The van der Waals surface area contributed by atoms with Crippen molar-refractivity contribution >= 4 is 11.8 Å². The first-order chi connectivity index (χ1) is 18.9. The molecule has 39 heavy (non-hydrogen) atoms. The molecule has 0 radical (unpaired) electrons. The Morgan fingerprint density at radius 3 is 2.28 bits per heavy atom. The van der Waals surface area contributed by atoms with Crippen molar-refractivity contribution in [2.24, 2.45) is 5.92 Å². The average Bonchev–Trinajstić information content (AvgIpc) is 3.65. The van der Waals surface area contributed by atoms with Crippen molar-refractivity contribution in [2.45, 2.75) is 58.5 Å². The van der Waals surface area contributed by atoms with Crippen molar-refractivity contribution in [3.63, 3.8) is 0 Å². The van der Waals surface area contributed by atoms with E-state index >= 15 is 0 Å². The van der Waals surface area contributed by atoms with Gasteiger partial charge in [0, 0.05) is 19.6 Å². The number of carbonyl (C=O) groups excluding carboxylic acids is 2. The number of nitrogens with zero attached hydrogens (tertiary/aromatic N) is 3. The van der Waals surface area contributed by atoms with Gasteiger partial charge in [-0.1, -0.05) is 56.7 Å². The molecule has 1 aliphatic heterocycles. The number of methoxy groups -OCH3 is 2. The Morgan fingerprint density at radius 2 is 1.67 bits per heavy atom. The van der Waals surface area contributed by atoms with Gasteiger partial charge in [-0.05, 0) is 55.4 Å². The Morgan fingerprint density at radius 1 is 1.00 bits per heavy atom. The smallest absolute Gasteiger partial charge is 0.272 e. The Labute approximate surface area is 231 Å². The highest BCUT2D eigenvalue weighted by Crippen LogP contribution is 2.39. The molecule has 2 heterocycles. The molecule has 0 bridgehead atoms. The zero-order valence-corrected chi connectivity index (χ0v) is 23.5. The highest BCUT2D eigenvalue weighted by Gasteiger charge is 2.29. The maximum atomic E-state index is 13.6. The van der Waals surface area contributed by atoms with Crippen LogP contribution in [0, 0.1) is 5.92 Å². The summed E-state index contributed by atoms with van der Waals surface area (Å²) < 4.78 is 13.2. The summed E-state index contributed by atoms with van der Waals surface area (Å²) in [7, 11) is 3.23. The third-order valence-electron chi connectivity index (χ3n) is 7.46. The summed E-state index contributed by atoms with van der Waals surface area (Å²) in [5.74, 6) is 1.23. The lowest BCUT2D eigenvalue weighted by Crippen LogP contribution is -2.48. The summed E-state index contributed by atoms with van der Waals surface area (Å²) in [6.07, 6.45) is 4.17. The Kier molecular flexibility index (Phi) is 9.63. The number of nitrogens with one attached hydrogen (secondary N) is 1. The number of carbonyl (C=O) groups is 2. The minimum absolute atomic E-state index is 0.0255. The fourth-order valence-corrected chi connectivity index (χ4v) is 5.00. The number of likely N-dealkylation sites (tertiary alicyclic amines) is 1. The predicted octanol–water partition coefficient (Wildman–Crippen LogP) is 4.97. The predicted molar refractivity (Wildman–Crippen MR) is 152 cm³/mol. The molecule has 4 rings (SSSR count). The molecular formula is C31H40N4O4. The van der Waals surface area contributed by atoms with Gasteiger partial charge in [0.05, 0.1) is 25.5 Å². The summed E-state index contributed by atoms with van der Waals surface area (Å²) in [6.45, 7) is 6.38. The maximum absolute atomic E-state index is 13.6. The van der Waals surface area contributed by atoms with Gasteiger partial charge in [-0.15, -0.1) is 0 Å². The van der Waals surface area contributed by atoms with Crippen molar-refractivity contribution in [1.29, 1.82) is 0 Å². The largest absolute Gasteiger partial charge is 0.496 e. The van der Waals surface area contributed by atoms with Gasteiger partial charge in [-0.2, -0.15) is 5.10 Å². The number of ether oxygens (including phenoxy) is 2. The second kappa shape index (κ2) is 13.3. The first-order valence-corrected chi connectivity index (χ1v) is 13.9. The van der Waals surface area contributed by atoms with Crippen LogP contribution in [0.1, 0.15) is 55.6 Å². The number of amides is 2. The first-order valence-electron chi connectivity index (χ1n) is 13.9. The fourth-order valence-electron chi connectivity index (χ4n) is 5.00. The van der Waals surface area contributed by atoms with E-state index in [4.69, 9.17) is 14.6 Å². The third-order valence-corrected chi connectivity index (χ3v) is 7.46. The summed E-state index contributed by atoms with van der Waals surface area (Å²) in [5.41, 5.74) is 2.88. The molecule has 3 aromatic rings. The van der Waals surface area contributed by atoms with E-state index in [0.29, 0.717) is 36.8 Å². The van der Waals surface area contributed by atoms with Gasteiger partial charge in [0.2, 0.25) is 5.91 Å². The van der Waals surface area contributed by atoms with Crippen LogP contribution in [0.4, 0.5) is 0 Å². The number of rotatable bonds is 12. The van der Waals surface area contributed by atoms with E-state index in [-0.39, 0.29) is 17.5 Å². The fraction of sp³-hybridized carbons (Fsp3) is 0.452. The van der Waals surface area contributed by atoms with Crippen LogP contribution in [0.3, 0.4) is 0 Å². The molecule has 0 spiro atoms. The summed E-state index contributed by atoms with van der Waals surface area (Å²) in [5, 5.41) is 7.75. The lowest BCUT2D eigenvalue weighted by Gasteiger charge is -2.24. The third kappa shape index (κ3) is 6.80. The van der Waals surface area contributed by atoms with Crippen molar-refractivity contribution in [3.8, 4) is 22.8 Å². The van der Waals surface area contributed by atoms with E-state index in [9.17, 15) is 9.59 Å². The molecule has 1 aromatic heterocycles. The van der Waals surface area contributed by atoms with Crippen molar-refractivity contribution in [2.75, 3.05) is 27.3 Å². The van der Waals surface area contributed by atoms with E-state index in [1.54, 1.807) is 20.3 Å². The van der Waals surface area contributed by atoms with Gasteiger partial charge in [-0.25, -0.2) is 0 Å². The summed E-state index contributed by atoms with van der Waals surface area (Å²) in [6, 6.07) is 16.8. The Bertz CT molecular complexity index is 1230. The molecule has 2 amide bonds. The van der Waals surface area contributed by atoms with Crippen molar-refractivity contribution in [3.05, 3.63) is 65.9 Å². The van der Waals surface area contributed by atoms with Crippen LogP contribution in [-0.4, -0.2) is 59.8 Å². The molecule has 208 valence electrons. The van der Waals surface area contributed by atoms with Gasteiger partial charge in [0.25, 0.3) is 5.91 Å². The normalized spacial score (nSPS) is 14.6. The molecule has 8 heteroatoms. The van der Waals surface area contributed by atoms with Gasteiger partial charge < -0.3 is 19.7 Å². The van der Waals surface area contributed by atoms with Crippen LogP contribution in [0.15, 0.2) is 54.6 Å². The van der Waals surface area contributed by atoms with Crippen LogP contribution in [0.25, 0.3) is 11.3 Å². The van der Waals surface area contributed by atoms with Crippen LogP contribution in [0.5, 0.6) is 11.5 Å². The van der Waals surface area contributed by atoms with Crippen LogP contribution >= 0.6 is 0 Å². The number of aromatic nitrogens is 2. The molecular weight excluding hydrogens is 492 g/mol. The second-order valence-electron chi connectivity index (χ2n) is 10.2. The van der Waals surface area contributed by atoms with Crippen LogP contribution in [-0.2, 0) is 17.8 Å². The van der Waals surface area contributed by atoms with E-state index in [0.717, 1.165) is 49.2 Å². The van der Waals surface area contributed by atoms with Crippen molar-refractivity contribution in [1.82, 2.24) is 20.0 Å². The van der Waals surface area contributed by atoms with E-state index in [1.807, 2.05) is 58.1 Å². The lowest BCUT2D eigenvalue weighted by molar-refractivity contribution is -0.132. The number of benzene rings is 2. The SMILES string of the molecule is CCC(C)Cn1nc(C(=O)N[C@@H](CCc2ccccc2)C(=O)N2CCCC2)cc1-c1c(OC)cccc1OC. The molecule has 2 atom stereocenters. The summed E-state index contributed by atoms with van der Waals surface area (Å²) >= 11 is 0. The highest BCUT2D eigenvalue weighted by molar-refractivity contribution is 5.97. The quantitative estimate of drug-likeness (QED) is 0.356. The molecule has 1 saturated heterocycles. The molecule has 1 unspecified atom stereocenters. The molecule has 1 N–H and O–H groups in total. The highest BCUT2D eigenvalue weighted by atomic mass is 16.5. The number of hydrogen-bond donors (Lipinski definition) is 1. The molecule has 1 aliphatic rings. The second-order valence-corrected chi connectivity index (χ2v) is 10.2. The zero-order valence-electron chi connectivity index (χ0n) is 23.5. The summed E-state index contributed by atoms with van der Waals surface area (Å²) in [4.78, 5) is 28.9. The number of hydrogen-bond acceptors (Lipinski definition) is 5. The van der Waals surface area contributed by atoms with E-state index < -0.39 is 6.04 Å². The Balaban J connectivity index is 1.64. The molecule has 2 aromatic carbocycles. The first kappa shape index (κ1) is 28.2. The van der Waals surface area contributed by atoms with Crippen LogP contribution < -0.4 is 14.8 Å². The average molecular weight is 533 g/mol. The van der Waals surface area contributed by atoms with E-state index in [1.165, 1.54) is 0 Å². The number of aryl methyl sites for hydroxylation is 1. The van der Waals surface area contributed by atoms with Gasteiger partial charge in [0.15, 0.2) is 5.69 Å². The van der Waals surface area contributed by atoms with Gasteiger partial charge in [-0.3, -0.25) is 14.3 Å². The maximum Gasteiger partial charge on any atom is 0.272 e. The van der Waals surface area contributed by atoms with Crippen molar-refractivity contribution < 1.29 is 19.1 Å². The minimum Gasteiger partial charge on any atom is -0.496 e. The zero-order chi connectivity index (χ0) is 27.8. The topological polar surface area (TPSA) is 85.7 Å². The van der Waals surface area contributed by atoms with Gasteiger partial charge >= 0.3 is 0 Å². The minimum atomic E-state index is -0.625. The molecule has 0 saturated carbocycles. The molecule has 0 aliphatic carbocycles. The lowest BCUT2D eigenvalue weighted by atomic mass is 10.0. The molecule has 8 nitrogen and oxygen atoms in total. The standard InChI is InChI=1S/C31H40N4O4/c1-5-22(2)21-35-26(29-27(38-3)14-11-15-28(29)39-4)20-25(33-35)30(36)32-24(31(37)34-18-9-10-19-34)17-16-23-12-7-6-8-13-23/h6-8,11-15,20,22,24H,5,9-10,16-19,21H2,1-4H3,(H,32,36)/t22?,24-/m0/s1. The molecule has 1 fully saturated rings. The monoisotopic (exact) mass is 532 g/mol. The Hall–Kier alpha value is -3.81. The van der Waals surface area contributed by atoms with E-state index in [2.05, 4.69) is 19.2 Å². The van der Waals surface area contributed by atoms with Crippen LogP contribution in [0.2, 0.25) is 0 Å². The van der Waals surface area contributed by atoms with Gasteiger partial charge in [0.1, 0.15) is 17.5 Å².